The average Bonchev–Trinajstić information content (AvgIpc) is 2.39. The standard InChI is InChI=1S/C14H14O2S/c1-17(16)13-10-6-5-9-12(13)14(15)11-7-3-2-4-8-11/h2-10,14-15H,1H3. The minimum atomic E-state index is -1.09. The number of rotatable bonds is 3. The zero-order valence-corrected chi connectivity index (χ0v) is 10.4. The molecule has 2 unspecified atom stereocenters. The molecule has 0 saturated heterocycles. The van der Waals surface area contributed by atoms with E-state index in [0.717, 1.165) is 5.56 Å². The Morgan fingerprint density at radius 3 is 2.24 bits per heavy atom. The first kappa shape index (κ1) is 12.0. The summed E-state index contributed by atoms with van der Waals surface area (Å²) in [4.78, 5) is 0.684. The Kier molecular flexibility index (Phi) is 3.71. The first-order valence-electron chi connectivity index (χ1n) is 5.35. The molecular weight excluding hydrogens is 232 g/mol. The van der Waals surface area contributed by atoms with E-state index in [1.807, 2.05) is 48.5 Å². The molecule has 0 spiro atoms. The van der Waals surface area contributed by atoms with Gasteiger partial charge in [-0.25, -0.2) is 0 Å². The topological polar surface area (TPSA) is 37.3 Å². The molecule has 2 nitrogen and oxygen atoms in total. The van der Waals surface area contributed by atoms with Crippen molar-refractivity contribution < 1.29 is 9.32 Å². The summed E-state index contributed by atoms with van der Waals surface area (Å²) in [6, 6.07) is 16.7. The van der Waals surface area contributed by atoms with Crippen LogP contribution in [0.4, 0.5) is 0 Å². The lowest BCUT2D eigenvalue weighted by atomic mass is 10.0. The van der Waals surface area contributed by atoms with Gasteiger partial charge in [-0.15, -0.1) is 0 Å². The van der Waals surface area contributed by atoms with E-state index in [2.05, 4.69) is 0 Å². The van der Waals surface area contributed by atoms with Crippen molar-refractivity contribution in [3.63, 3.8) is 0 Å². The summed E-state index contributed by atoms with van der Waals surface area (Å²) in [6.07, 6.45) is 0.896. The fourth-order valence-corrected chi connectivity index (χ4v) is 2.56. The predicted molar refractivity (Wildman–Crippen MR) is 69.3 cm³/mol. The van der Waals surface area contributed by atoms with Gasteiger partial charge >= 0.3 is 0 Å². The summed E-state index contributed by atoms with van der Waals surface area (Å²) >= 11 is 0. The third-order valence-corrected chi connectivity index (χ3v) is 3.63. The summed E-state index contributed by atoms with van der Waals surface area (Å²) < 4.78 is 11.6. The van der Waals surface area contributed by atoms with E-state index < -0.39 is 16.9 Å². The van der Waals surface area contributed by atoms with Crippen molar-refractivity contribution in [2.45, 2.75) is 11.0 Å². The molecule has 2 aromatic rings. The van der Waals surface area contributed by atoms with E-state index in [9.17, 15) is 9.32 Å². The maximum atomic E-state index is 11.6. The summed E-state index contributed by atoms with van der Waals surface area (Å²) in [7, 11) is -1.09. The van der Waals surface area contributed by atoms with E-state index >= 15 is 0 Å². The Balaban J connectivity index is 2.44. The van der Waals surface area contributed by atoms with Crippen LogP contribution in [0.3, 0.4) is 0 Å². The fraction of sp³-hybridized carbons (Fsp3) is 0.143. The van der Waals surface area contributed by atoms with Gasteiger partial charge in [-0.1, -0.05) is 48.5 Å². The molecule has 0 aliphatic heterocycles. The van der Waals surface area contributed by atoms with Crippen LogP contribution in [0.5, 0.6) is 0 Å². The molecule has 3 heteroatoms. The molecule has 88 valence electrons. The van der Waals surface area contributed by atoms with Crippen molar-refractivity contribution in [2.24, 2.45) is 0 Å². The second-order valence-corrected chi connectivity index (χ2v) is 5.15. The van der Waals surface area contributed by atoms with Crippen LogP contribution in [0.25, 0.3) is 0 Å². The van der Waals surface area contributed by atoms with Crippen LogP contribution in [-0.2, 0) is 10.8 Å². The molecule has 2 rings (SSSR count). The SMILES string of the molecule is CS(=O)c1ccccc1C(O)c1ccccc1. The zero-order chi connectivity index (χ0) is 12.3. The van der Waals surface area contributed by atoms with Crippen molar-refractivity contribution in [2.75, 3.05) is 6.26 Å². The van der Waals surface area contributed by atoms with Crippen LogP contribution < -0.4 is 0 Å². The molecule has 0 amide bonds. The van der Waals surface area contributed by atoms with Crippen molar-refractivity contribution >= 4 is 10.8 Å². The summed E-state index contributed by atoms with van der Waals surface area (Å²) in [6.45, 7) is 0. The summed E-state index contributed by atoms with van der Waals surface area (Å²) in [5, 5.41) is 10.3. The zero-order valence-electron chi connectivity index (χ0n) is 9.54. The van der Waals surface area contributed by atoms with Crippen LogP contribution >= 0.6 is 0 Å². The molecule has 0 heterocycles. The van der Waals surface area contributed by atoms with Crippen molar-refractivity contribution in [1.82, 2.24) is 0 Å². The van der Waals surface area contributed by atoms with E-state index in [0.29, 0.717) is 10.5 Å². The monoisotopic (exact) mass is 246 g/mol. The van der Waals surface area contributed by atoms with Crippen LogP contribution in [0, 0.1) is 0 Å². The lowest BCUT2D eigenvalue weighted by Gasteiger charge is -2.14. The Bertz CT molecular complexity index is 523. The Morgan fingerprint density at radius 1 is 1.00 bits per heavy atom. The second-order valence-electron chi connectivity index (χ2n) is 3.81. The molecular formula is C14H14O2S. The largest absolute Gasteiger partial charge is 0.384 e. The molecule has 0 aliphatic carbocycles. The Hall–Kier alpha value is -1.45. The fourth-order valence-electron chi connectivity index (χ4n) is 1.78. The number of aliphatic hydroxyl groups is 1. The third-order valence-electron chi connectivity index (χ3n) is 2.64. The van der Waals surface area contributed by atoms with Gasteiger partial charge in [0.25, 0.3) is 0 Å². The van der Waals surface area contributed by atoms with Gasteiger partial charge in [-0.2, -0.15) is 0 Å². The van der Waals surface area contributed by atoms with Gasteiger partial charge in [-0.05, 0) is 11.6 Å². The minimum absolute atomic E-state index is 0.684. The summed E-state index contributed by atoms with van der Waals surface area (Å²) in [5.74, 6) is 0. The minimum Gasteiger partial charge on any atom is -0.384 e. The molecule has 2 atom stereocenters. The highest BCUT2D eigenvalue weighted by Gasteiger charge is 2.15. The van der Waals surface area contributed by atoms with Crippen LogP contribution in [0.2, 0.25) is 0 Å². The number of aliphatic hydroxyl groups excluding tert-OH is 1. The van der Waals surface area contributed by atoms with Crippen molar-refractivity contribution in [3.05, 3.63) is 65.7 Å². The van der Waals surface area contributed by atoms with Gasteiger partial charge in [0, 0.05) is 16.7 Å². The molecule has 0 radical (unpaired) electrons. The molecule has 0 fully saturated rings. The van der Waals surface area contributed by atoms with E-state index in [-0.39, 0.29) is 0 Å². The van der Waals surface area contributed by atoms with E-state index in [4.69, 9.17) is 0 Å². The number of benzene rings is 2. The molecule has 0 bridgehead atoms. The lowest BCUT2D eigenvalue weighted by Crippen LogP contribution is -2.04. The van der Waals surface area contributed by atoms with E-state index in [1.54, 1.807) is 12.3 Å². The smallest absolute Gasteiger partial charge is 0.105 e. The maximum Gasteiger partial charge on any atom is 0.105 e. The highest BCUT2D eigenvalue weighted by molar-refractivity contribution is 7.84. The van der Waals surface area contributed by atoms with Gasteiger partial charge in [0.1, 0.15) is 6.10 Å². The van der Waals surface area contributed by atoms with Gasteiger partial charge in [0.2, 0.25) is 0 Å². The number of hydrogen-bond donors (Lipinski definition) is 1. The molecule has 0 saturated carbocycles. The molecule has 2 aromatic carbocycles. The van der Waals surface area contributed by atoms with Crippen molar-refractivity contribution in [1.29, 1.82) is 0 Å². The maximum absolute atomic E-state index is 11.6. The van der Waals surface area contributed by atoms with Crippen LogP contribution in [0.15, 0.2) is 59.5 Å². The normalized spacial score (nSPS) is 14.2. The molecule has 0 aromatic heterocycles. The second kappa shape index (κ2) is 5.25. The third kappa shape index (κ3) is 2.62. The highest BCUT2D eigenvalue weighted by Crippen LogP contribution is 2.26. The van der Waals surface area contributed by atoms with Crippen LogP contribution in [-0.4, -0.2) is 15.6 Å². The first-order valence-corrected chi connectivity index (χ1v) is 6.91. The Morgan fingerprint density at radius 2 is 1.59 bits per heavy atom. The average molecular weight is 246 g/mol. The predicted octanol–water partition coefficient (Wildman–Crippen LogP) is 2.51. The quantitative estimate of drug-likeness (QED) is 0.903. The van der Waals surface area contributed by atoms with Gasteiger partial charge < -0.3 is 5.11 Å². The number of hydrogen-bond acceptors (Lipinski definition) is 2. The van der Waals surface area contributed by atoms with Gasteiger partial charge in [0.05, 0.1) is 10.8 Å². The molecule has 1 N–H and O–H groups in total. The van der Waals surface area contributed by atoms with E-state index in [1.165, 1.54) is 0 Å². The molecule has 17 heavy (non-hydrogen) atoms. The molecule has 0 aliphatic rings. The summed E-state index contributed by atoms with van der Waals surface area (Å²) in [5.41, 5.74) is 1.52. The Labute approximate surface area is 103 Å². The first-order chi connectivity index (χ1) is 8.20. The van der Waals surface area contributed by atoms with Gasteiger partial charge in [-0.3, -0.25) is 4.21 Å². The van der Waals surface area contributed by atoms with Crippen molar-refractivity contribution in [3.8, 4) is 0 Å². The van der Waals surface area contributed by atoms with Gasteiger partial charge in [0.15, 0.2) is 0 Å². The lowest BCUT2D eigenvalue weighted by molar-refractivity contribution is 0.217. The highest BCUT2D eigenvalue weighted by atomic mass is 32.2. The van der Waals surface area contributed by atoms with Crippen LogP contribution in [0.1, 0.15) is 17.2 Å².